The molecule has 2 aliphatic rings. The van der Waals surface area contributed by atoms with Gasteiger partial charge in [0.15, 0.2) is 0 Å². The highest BCUT2D eigenvalue weighted by Crippen LogP contribution is 2.40. The van der Waals surface area contributed by atoms with Gasteiger partial charge in [-0.2, -0.15) is 0 Å². The van der Waals surface area contributed by atoms with Crippen LogP contribution in [0.2, 0.25) is 0 Å². The first-order valence-corrected chi connectivity index (χ1v) is 7.74. The van der Waals surface area contributed by atoms with Crippen LogP contribution in [0.3, 0.4) is 0 Å². The zero-order chi connectivity index (χ0) is 13.3. The van der Waals surface area contributed by atoms with E-state index in [1.54, 1.807) is 0 Å². The van der Waals surface area contributed by atoms with E-state index in [9.17, 15) is 0 Å². The molecule has 3 rings (SSSR count). The van der Waals surface area contributed by atoms with Crippen molar-refractivity contribution >= 4 is 0 Å². The van der Waals surface area contributed by atoms with Crippen molar-refractivity contribution in [3.63, 3.8) is 0 Å². The molecule has 0 spiro atoms. The minimum atomic E-state index is 0. The second kappa shape index (κ2) is 6.75. The van der Waals surface area contributed by atoms with Gasteiger partial charge in [-0.25, -0.2) is 0 Å². The molecule has 1 saturated carbocycles. The Kier molecular flexibility index (Phi) is 5.49. The van der Waals surface area contributed by atoms with Gasteiger partial charge in [-0.05, 0) is 24.4 Å². The highest BCUT2D eigenvalue weighted by molar-refractivity contribution is 5.27. The predicted octanol–water partition coefficient (Wildman–Crippen LogP) is -0.377. The largest absolute Gasteiger partial charge is 1.00 e. The van der Waals surface area contributed by atoms with Crippen LogP contribution in [-0.4, -0.2) is 44.3 Å². The molecule has 0 amide bonds. The van der Waals surface area contributed by atoms with Gasteiger partial charge in [-0.1, -0.05) is 30.3 Å². The average molecular weight is 386 g/mol. The van der Waals surface area contributed by atoms with Crippen LogP contribution >= 0.6 is 0 Å². The number of likely N-dealkylation sites (tertiary alicyclic amines) is 1. The van der Waals surface area contributed by atoms with E-state index in [0.717, 1.165) is 17.9 Å². The van der Waals surface area contributed by atoms with Crippen LogP contribution in [-0.2, 0) is 0 Å². The van der Waals surface area contributed by atoms with Gasteiger partial charge in [0.2, 0.25) is 0 Å². The summed E-state index contributed by atoms with van der Waals surface area (Å²) in [6.07, 6.45) is 4.11. The quantitative estimate of drug-likeness (QED) is 0.550. The Labute approximate surface area is 140 Å². The summed E-state index contributed by atoms with van der Waals surface area (Å²) in [6.45, 7) is 3.92. The summed E-state index contributed by atoms with van der Waals surface area (Å²) in [6, 6.07) is 11.7. The Morgan fingerprint density at radius 3 is 2.40 bits per heavy atom. The number of quaternary nitrogens is 1. The Hall–Kier alpha value is -0.130. The monoisotopic (exact) mass is 386 g/mol. The first-order chi connectivity index (χ1) is 9.14. The van der Waals surface area contributed by atoms with Crippen LogP contribution in [0.25, 0.3) is 0 Å². The molecule has 0 aromatic heterocycles. The summed E-state index contributed by atoms with van der Waals surface area (Å²) in [7, 11) is 4.71. The van der Waals surface area contributed by atoms with Gasteiger partial charge in [0, 0.05) is 24.8 Å². The second-order valence-electron chi connectivity index (χ2n) is 7.09. The van der Waals surface area contributed by atoms with Gasteiger partial charge in [-0.15, -0.1) is 0 Å². The van der Waals surface area contributed by atoms with Crippen molar-refractivity contribution in [3.8, 4) is 0 Å². The molecule has 20 heavy (non-hydrogen) atoms. The molecule has 0 unspecified atom stereocenters. The minimum absolute atomic E-state index is 0. The summed E-state index contributed by atoms with van der Waals surface area (Å²) >= 11 is 0. The van der Waals surface area contributed by atoms with Crippen LogP contribution < -0.4 is 29.3 Å². The summed E-state index contributed by atoms with van der Waals surface area (Å²) in [4.78, 5) is 0. The fourth-order valence-electron chi connectivity index (χ4n) is 3.33. The number of piperidine rings is 1. The lowest BCUT2D eigenvalue weighted by Crippen LogP contribution is -3.00. The standard InChI is InChI=1S/C17H27N2.HI/c1-19(2)10-8-14(9-11-19)13-18-17-12-16(17)15-6-4-3-5-7-15;/h3-7,14,16-18H,8-13H2,1-2H3;1H/q+1;/p-1/t16-,17+;/m0./s1. The van der Waals surface area contributed by atoms with Crippen molar-refractivity contribution in [2.45, 2.75) is 31.2 Å². The van der Waals surface area contributed by atoms with E-state index >= 15 is 0 Å². The molecule has 1 heterocycles. The maximum atomic E-state index is 3.80. The third-order valence-corrected chi connectivity index (χ3v) is 4.97. The lowest BCUT2D eigenvalue weighted by atomic mass is 9.96. The molecule has 112 valence electrons. The number of rotatable bonds is 4. The Balaban J connectivity index is 0.00000147. The van der Waals surface area contributed by atoms with Crippen molar-refractivity contribution in [3.05, 3.63) is 35.9 Å². The summed E-state index contributed by atoms with van der Waals surface area (Å²) in [5.41, 5.74) is 1.52. The number of benzene rings is 1. The minimum Gasteiger partial charge on any atom is -1.00 e. The van der Waals surface area contributed by atoms with E-state index in [1.165, 1.54) is 48.9 Å². The molecule has 1 saturated heterocycles. The van der Waals surface area contributed by atoms with E-state index < -0.39 is 0 Å². The van der Waals surface area contributed by atoms with Gasteiger partial charge in [-0.3, -0.25) is 0 Å². The average Bonchev–Trinajstić information content (AvgIpc) is 3.18. The number of hydrogen-bond donors (Lipinski definition) is 1. The van der Waals surface area contributed by atoms with Crippen LogP contribution in [0.4, 0.5) is 0 Å². The fourth-order valence-corrected chi connectivity index (χ4v) is 3.33. The third-order valence-electron chi connectivity index (χ3n) is 4.97. The SMILES string of the molecule is C[N+]1(C)CCC(CN[C@@H]2C[C@H]2c2ccccc2)CC1.[I-]. The van der Waals surface area contributed by atoms with Gasteiger partial charge in [0.1, 0.15) is 0 Å². The Morgan fingerprint density at radius 2 is 1.75 bits per heavy atom. The van der Waals surface area contributed by atoms with Crippen molar-refractivity contribution in [2.75, 3.05) is 33.7 Å². The number of nitrogens with zero attached hydrogens (tertiary/aromatic N) is 1. The highest BCUT2D eigenvalue weighted by Gasteiger charge is 2.38. The first-order valence-electron chi connectivity index (χ1n) is 7.74. The summed E-state index contributed by atoms with van der Waals surface area (Å²) in [5.74, 6) is 1.68. The third kappa shape index (κ3) is 4.18. The Morgan fingerprint density at radius 1 is 1.10 bits per heavy atom. The number of halogens is 1. The van der Waals surface area contributed by atoms with Crippen LogP contribution in [0.1, 0.15) is 30.7 Å². The molecular weight excluding hydrogens is 359 g/mol. The van der Waals surface area contributed by atoms with Crippen LogP contribution in [0.15, 0.2) is 30.3 Å². The lowest BCUT2D eigenvalue weighted by molar-refractivity contribution is -0.896. The van der Waals surface area contributed by atoms with Crippen molar-refractivity contribution in [2.24, 2.45) is 5.92 Å². The normalized spacial score (nSPS) is 28.7. The van der Waals surface area contributed by atoms with Gasteiger partial charge in [0.25, 0.3) is 0 Å². The van der Waals surface area contributed by atoms with Crippen molar-refractivity contribution in [1.82, 2.24) is 5.32 Å². The van der Waals surface area contributed by atoms with Gasteiger partial charge >= 0.3 is 0 Å². The van der Waals surface area contributed by atoms with E-state index in [1.807, 2.05) is 0 Å². The molecule has 1 aromatic carbocycles. The van der Waals surface area contributed by atoms with E-state index in [-0.39, 0.29) is 24.0 Å². The zero-order valence-electron chi connectivity index (χ0n) is 12.7. The number of nitrogens with one attached hydrogen (secondary N) is 1. The molecule has 2 fully saturated rings. The lowest BCUT2D eigenvalue weighted by Gasteiger charge is -2.37. The maximum absolute atomic E-state index is 3.80. The molecule has 2 atom stereocenters. The van der Waals surface area contributed by atoms with E-state index in [4.69, 9.17) is 0 Å². The number of hydrogen-bond acceptors (Lipinski definition) is 1. The van der Waals surface area contributed by atoms with Crippen LogP contribution in [0.5, 0.6) is 0 Å². The molecule has 0 bridgehead atoms. The van der Waals surface area contributed by atoms with Gasteiger partial charge < -0.3 is 33.8 Å². The summed E-state index contributed by atoms with van der Waals surface area (Å²) in [5, 5.41) is 3.80. The molecular formula is C17H27IN2. The maximum Gasteiger partial charge on any atom is 0.0785 e. The Bertz CT molecular complexity index is 408. The van der Waals surface area contributed by atoms with E-state index in [0.29, 0.717) is 0 Å². The van der Waals surface area contributed by atoms with E-state index in [2.05, 4.69) is 49.7 Å². The molecule has 0 radical (unpaired) electrons. The molecule has 1 aliphatic heterocycles. The molecule has 1 aromatic rings. The molecule has 1 N–H and O–H groups in total. The zero-order valence-corrected chi connectivity index (χ0v) is 14.8. The fraction of sp³-hybridized carbons (Fsp3) is 0.647. The highest BCUT2D eigenvalue weighted by atomic mass is 127. The second-order valence-corrected chi connectivity index (χ2v) is 7.09. The van der Waals surface area contributed by atoms with Crippen LogP contribution in [0, 0.1) is 5.92 Å². The molecule has 1 aliphatic carbocycles. The first kappa shape index (κ1) is 16.2. The van der Waals surface area contributed by atoms with Crippen molar-refractivity contribution < 1.29 is 28.5 Å². The van der Waals surface area contributed by atoms with Gasteiger partial charge in [0.05, 0.1) is 27.2 Å². The smallest absolute Gasteiger partial charge is 0.0785 e. The van der Waals surface area contributed by atoms with Crippen molar-refractivity contribution in [1.29, 1.82) is 0 Å². The summed E-state index contributed by atoms with van der Waals surface area (Å²) < 4.78 is 1.21. The predicted molar refractivity (Wildman–Crippen MR) is 80.2 cm³/mol. The molecule has 3 heteroatoms. The molecule has 2 nitrogen and oxygen atoms in total. The topological polar surface area (TPSA) is 12.0 Å².